The summed E-state index contributed by atoms with van der Waals surface area (Å²) in [5.74, 6) is 0. The van der Waals surface area contributed by atoms with Crippen molar-refractivity contribution < 1.29 is 0 Å². The van der Waals surface area contributed by atoms with E-state index in [1.54, 1.807) is 0 Å². The van der Waals surface area contributed by atoms with Gasteiger partial charge in [0.25, 0.3) is 0 Å². The summed E-state index contributed by atoms with van der Waals surface area (Å²) in [6.07, 6.45) is 1.96. The lowest BCUT2D eigenvalue weighted by atomic mass is 10.2. The normalized spacial score (nSPS) is 11.1. The molecule has 5 heteroatoms. The molecule has 1 atom stereocenters. The first-order chi connectivity index (χ1) is 3.81. The maximum absolute atomic E-state index is 5.58. The Morgan fingerprint density at radius 2 is 1.70 bits per heavy atom. The Bertz CT molecular complexity index is 48.2. The lowest BCUT2D eigenvalue weighted by Gasteiger charge is -2.05. The molecule has 0 saturated carbocycles. The van der Waals surface area contributed by atoms with E-state index >= 15 is 0 Å². The number of hydrogen-bond acceptors (Lipinski definition) is 2. The molecule has 0 radical (unpaired) electrons. The van der Waals surface area contributed by atoms with E-state index in [0.717, 1.165) is 18.2 Å². The highest BCUT2D eigenvalue weighted by atomic mass is 79.9. The van der Waals surface area contributed by atoms with Gasteiger partial charge >= 0.3 is 0 Å². The van der Waals surface area contributed by atoms with E-state index < -0.39 is 0 Å². The first-order valence-electron chi connectivity index (χ1n) is 2.83. The van der Waals surface area contributed by atoms with Crippen LogP contribution in [0.25, 0.3) is 0 Å². The molecule has 0 saturated heterocycles. The first kappa shape index (κ1) is 17.4. The van der Waals surface area contributed by atoms with E-state index in [2.05, 4.69) is 15.9 Å². The molecule has 2 nitrogen and oxygen atoms in total. The lowest BCUT2D eigenvalue weighted by molar-refractivity contribution is 0.610. The molecule has 0 fully saturated rings. The highest BCUT2D eigenvalue weighted by Gasteiger charge is 1.96. The summed E-state index contributed by atoms with van der Waals surface area (Å²) in [5.41, 5.74) is 10.8. The van der Waals surface area contributed by atoms with Crippen molar-refractivity contribution in [2.24, 2.45) is 11.5 Å². The summed E-state index contributed by atoms with van der Waals surface area (Å²) < 4.78 is 0. The molecular weight excluding hydrogens is 328 g/mol. The van der Waals surface area contributed by atoms with Gasteiger partial charge in [0, 0.05) is 11.4 Å². The van der Waals surface area contributed by atoms with Gasteiger partial charge in [0.2, 0.25) is 0 Å². The van der Waals surface area contributed by atoms with Crippen molar-refractivity contribution in [3.05, 3.63) is 0 Å². The molecule has 0 heterocycles. The second kappa shape index (κ2) is 13.0. The summed E-state index contributed by atoms with van der Waals surface area (Å²) in [6, 6.07) is 0.291. The van der Waals surface area contributed by atoms with Crippen LogP contribution in [0.15, 0.2) is 0 Å². The van der Waals surface area contributed by atoms with Crippen LogP contribution in [-0.4, -0.2) is 17.9 Å². The van der Waals surface area contributed by atoms with Crippen LogP contribution in [0.2, 0.25) is 0 Å². The summed E-state index contributed by atoms with van der Waals surface area (Å²) in [6.45, 7) is 0.703. The van der Waals surface area contributed by atoms with Crippen LogP contribution in [0.3, 0.4) is 0 Å². The zero-order valence-corrected chi connectivity index (χ0v) is 10.8. The number of halogens is 3. The summed E-state index contributed by atoms with van der Waals surface area (Å²) in [7, 11) is 0. The number of hydrogen-bond donors (Lipinski definition) is 2. The van der Waals surface area contributed by atoms with Crippen LogP contribution in [0.5, 0.6) is 0 Å². The third-order valence-corrected chi connectivity index (χ3v) is 1.48. The quantitative estimate of drug-likeness (QED) is 0.762. The fourth-order valence-corrected chi connectivity index (χ4v) is 1.09. The van der Waals surface area contributed by atoms with Crippen molar-refractivity contribution in [3.63, 3.8) is 0 Å². The minimum Gasteiger partial charge on any atom is -0.330 e. The van der Waals surface area contributed by atoms with Gasteiger partial charge in [0.1, 0.15) is 0 Å². The zero-order chi connectivity index (χ0) is 6.41. The van der Waals surface area contributed by atoms with Crippen LogP contribution in [-0.2, 0) is 0 Å². The van der Waals surface area contributed by atoms with E-state index in [4.69, 9.17) is 11.5 Å². The third kappa shape index (κ3) is 12.1. The van der Waals surface area contributed by atoms with Gasteiger partial charge in [-0.2, -0.15) is 0 Å². The minimum absolute atomic E-state index is 0. The Hall–Kier alpha value is 1.36. The molecule has 66 valence electrons. The van der Waals surface area contributed by atoms with E-state index in [1.165, 1.54) is 0 Å². The average Bonchev–Trinajstić information content (AvgIpc) is 1.68. The molecule has 0 aliphatic carbocycles. The van der Waals surface area contributed by atoms with Crippen molar-refractivity contribution >= 4 is 49.9 Å². The molecule has 4 N–H and O–H groups in total. The fraction of sp³-hybridized carbons (Fsp3) is 1.00. The molecule has 0 spiro atoms. The van der Waals surface area contributed by atoms with Gasteiger partial charge in [-0.25, -0.2) is 0 Å². The van der Waals surface area contributed by atoms with Gasteiger partial charge in [-0.05, 0) is 19.4 Å². The number of rotatable bonds is 4. The molecule has 0 aliphatic heterocycles. The van der Waals surface area contributed by atoms with Gasteiger partial charge in [0.15, 0.2) is 0 Å². The fourth-order valence-electron chi connectivity index (χ4n) is 0.499. The van der Waals surface area contributed by atoms with Crippen molar-refractivity contribution in [3.8, 4) is 0 Å². The topological polar surface area (TPSA) is 52.0 Å². The number of nitrogens with two attached hydrogens (primary N) is 2. The average molecular weight is 343 g/mol. The van der Waals surface area contributed by atoms with E-state index in [0.29, 0.717) is 12.6 Å². The van der Waals surface area contributed by atoms with Crippen molar-refractivity contribution in [1.82, 2.24) is 0 Å². The molecule has 0 aromatic carbocycles. The SMILES string of the molecule is Br.Br.NCCC(N)CCBr. The monoisotopic (exact) mass is 340 g/mol. The highest BCUT2D eigenvalue weighted by Crippen LogP contribution is 1.95. The van der Waals surface area contributed by atoms with Crippen molar-refractivity contribution in [2.75, 3.05) is 11.9 Å². The first-order valence-corrected chi connectivity index (χ1v) is 3.95. The highest BCUT2D eigenvalue weighted by molar-refractivity contribution is 9.09. The Morgan fingerprint density at radius 1 is 1.20 bits per heavy atom. The third-order valence-electron chi connectivity index (χ3n) is 1.02. The summed E-state index contributed by atoms with van der Waals surface area (Å²) >= 11 is 3.30. The second-order valence-electron chi connectivity index (χ2n) is 1.82. The maximum atomic E-state index is 5.58. The molecule has 0 rings (SSSR count). The Labute approximate surface area is 91.8 Å². The van der Waals surface area contributed by atoms with Gasteiger partial charge in [-0.15, -0.1) is 34.0 Å². The summed E-state index contributed by atoms with van der Waals surface area (Å²) in [4.78, 5) is 0. The van der Waals surface area contributed by atoms with Gasteiger partial charge in [-0.3, -0.25) is 0 Å². The van der Waals surface area contributed by atoms with Crippen LogP contribution in [0.4, 0.5) is 0 Å². The number of alkyl halides is 1. The molecule has 0 aliphatic rings. The molecule has 0 bridgehead atoms. The van der Waals surface area contributed by atoms with Gasteiger partial charge < -0.3 is 11.5 Å². The second-order valence-corrected chi connectivity index (χ2v) is 2.61. The lowest BCUT2D eigenvalue weighted by Crippen LogP contribution is -2.23. The zero-order valence-electron chi connectivity index (χ0n) is 5.75. The smallest absolute Gasteiger partial charge is 0.00587 e. The Balaban J connectivity index is -0.000000245. The van der Waals surface area contributed by atoms with E-state index in [-0.39, 0.29) is 34.0 Å². The van der Waals surface area contributed by atoms with Gasteiger partial charge in [-0.1, -0.05) is 15.9 Å². The van der Waals surface area contributed by atoms with Crippen LogP contribution in [0.1, 0.15) is 12.8 Å². The van der Waals surface area contributed by atoms with Crippen molar-refractivity contribution in [2.45, 2.75) is 18.9 Å². The van der Waals surface area contributed by atoms with Crippen LogP contribution in [0, 0.1) is 0 Å². The standard InChI is InChI=1S/C5H13BrN2.2BrH/c6-3-1-5(8)2-4-7;;/h5H,1-4,7-8H2;2*1H. The van der Waals surface area contributed by atoms with E-state index in [1.807, 2.05) is 0 Å². The predicted octanol–water partition coefficient (Wildman–Crippen LogP) is 1.60. The summed E-state index contributed by atoms with van der Waals surface area (Å²) in [5, 5.41) is 0.980. The van der Waals surface area contributed by atoms with Crippen LogP contribution < -0.4 is 11.5 Å². The largest absolute Gasteiger partial charge is 0.330 e. The van der Waals surface area contributed by atoms with E-state index in [9.17, 15) is 0 Å². The van der Waals surface area contributed by atoms with Gasteiger partial charge in [0.05, 0.1) is 0 Å². The molecule has 0 amide bonds. The minimum atomic E-state index is 0. The van der Waals surface area contributed by atoms with Crippen molar-refractivity contribution in [1.29, 1.82) is 0 Å². The molecule has 10 heavy (non-hydrogen) atoms. The molecule has 1 unspecified atom stereocenters. The molecule has 0 aromatic heterocycles. The molecular formula is C5H15Br3N2. The Morgan fingerprint density at radius 3 is 2.00 bits per heavy atom. The predicted molar refractivity (Wildman–Crippen MR) is 60.7 cm³/mol. The Kier molecular flexibility index (Phi) is 22.7. The maximum Gasteiger partial charge on any atom is 0.00587 e. The van der Waals surface area contributed by atoms with Crippen LogP contribution >= 0.6 is 49.9 Å². The molecule has 0 aromatic rings.